The molecule has 0 saturated heterocycles. The normalized spacial score (nSPS) is 14.0. The Balaban J connectivity index is 2.09. The minimum absolute atomic E-state index is 0.00925. The van der Waals surface area contributed by atoms with Gasteiger partial charge < -0.3 is 25.8 Å². The molecule has 2 atom stereocenters. The molecule has 11 heteroatoms. The van der Waals surface area contributed by atoms with Crippen molar-refractivity contribution >= 4 is 21.8 Å². The monoisotopic (exact) mass is 590 g/mol. The van der Waals surface area contributed by atoms with Crippen LogP contribution in [0.2, 0.25) is 0 Å². The van der Waals surface area contributed by atoms with Crippen molar-refractivity contribution < 1.29 is 27.9 Å². The Labute approximate surface area is 244 Å². The third-order valence-electron chi connectivity index (χ3n) is 6.45. The molecule has 2 unspecified atom stereocenters. The summed E-state index contributed by atoms with van der Waals surface area (Å²) in [6, 6.07) is 17.3. The maximum Gasteiger partial charge on any atom is 0.245 e. The lowest BCUT2D eigenvalue weighted by Gasteiger charge is -2.40. The van der Waals surface area contributed by atoms with Crippen molar-refractivity contribution in [3.8, 4) is 0 Å². The first-order chi connectivity index (χ1) is 19.5. The summed E-state index contributed by atoms with van der Waals surface area (Å²) in [4.78, 5) is 24.7. The van der Waals surface area contributed by atoms with E-state index >= 15 is 0 Å². The van der Waals surface area contributed by atoms with Gasteiger partial charge in [-0.05, 0) is 29.5 Å². The average molecular weight is 591 g/mol. The number of ether oxygens (including phenoxy) is 1. The van der Waals surface area contributed by atoms with Crippen LogP contribution in [-0.4, -0.2) is 81.8 Å². The third kappa shape index (κ3) is 11.9. The lowest BCUT2D eigenvalue weighted by Crippen LogP contribution is -2.55. The van der Waals surface area contributed by atoms with Crippen molar-refractivity contribution in [2.45, 2.75) is 50.7 Å². The van der Waals surface area contributed by atoms with E-state index in [0.717, 1.165) is 5.56 Å². The Hall–Kier alpha value is -2.83. The molecule has 0 aliphatic heterocycles. The zero-order valence-corrected chi connectivity index (χ0v) is 25.5. The summed E-state index contributed by atoms with van der Waals surface area (Å²) in [6.45, 7) is 7.42. The minimum Gasteiger partial charge on any atom is -0.383 e. The molecule has 0 radical (unpaired) electrons. The highest BCUT2D eigenvalue weighted by Gasteiger charge is 2.43. The average Bonchev–Trinajstić information content (AvgIpc) is 2.93. The van der Waals surface area contributed by atoms with Crippen LogP contribution in [0.3, 0.4) is 0 Å². The summed E-state index contributed by atoms with van der Waals surface area (Å²) < 4.78 is 33.7. The van der Waals surface area contributed by atoms with Crippen LogP contribution in [0.1, 0.15) is 39.2 Å². The molecule has 4 N–H and O–H groups in total. The molecule has 0 saturated carbocycles. The second-order valence-electron chi connectivity index (χ2n) is 10.8. The molecule has 2 amide bonds. The molecule has 2 aromatic rings. The molecule has 0 heterocycles. The summed E-state index contributed by atoms with van der Waals surface area (Å²) in [5.74, 6) is -0.578. The Kier molecular flexibility index (Phi) is 14.4. The van der Waals surface area contributed by atoms with Gasteiger partial charge in [-0.3, -0.25) is 9.59 Å². The molecule has 0 aliphatic carbocycles. The second kappa shape index (κ2) is 17.2. The molecule has 0 spiro atoms. The van der Waals surface area contributed by atoms with Gasteiger partial charge in [-0.15, -0.1) is 0 Å². The summed E-state index contributed by atoms with van der Waals surface area (Å²) in [7, 11) is -2.46. The molecule has 2 rings (SSSR count). The predicted molar refractivity (Wildman–Crippen MR) is 159 cm³/mol. The highest BCUT2D eigenvalue weighted by molar-refractivity contribution is 7.89. The molecule has 41 heavy (non-hydrogen) atoms. The summed E-state index contributed by atoms with van der Waals surface area (Å²) in [6.07, 6.45) is 0.223. The van der Waals surface area contributed by atoms with E-state index in [0.29, 0.717) is 19.7 Å². The number of sulfonamides is 1. The molecular weight excluding hydrogens is 544 g/mol. The fourth-order valence-corrected chi connectivity index (χ4v) is 6.21. The van der Waals surface area contributed by atoms with Gasteiger partial charge in [0, 0.05) is 52.6 Å². The smallest absolute Gasteiger partial charge is 0.245 e. The number of methoxy groups -OCH3 is 1. The molecule has 10 nitrogen and oxygen atoms in total. The van der Waals surface area contributed by atoms with Crippen LogP contribution >= 0.6 is 0 Å². The van der Waals surface area contributed by atoms with Gasteiger partial charge in [-0.1, -0.05) is 69.3 Å². The van der Waals surface area contributed by atoms with E-state index in [-0.39, 0.29) is 67.4 Å². The van der Waals surface area contributed by atoms with E-state index in [1.54, 1.807) is 25.3 Å². The Morgan fingerprint density at radius 3 is 2.20 bits per heavy atom. The van der Waals surface area contributed by atoms with Crippen molar-refractivity contribution in [3.63, 3.8) is 0 Å². The second-order valence-corrected chi connectivity index (χ2v) is 12.6. The van der Waals surface area contributed by atoms with Crippen molar-refractivity contribution in [1.82, 2.24) is 20.3 Å². The summed E-state index contributed by atoms with van der Waals surface area (Å²) in [5.41, 5.74) is -1.01. The van der Waals surface area contributed by atoms with Crippen LogP contribution in [0, 0.1) is 11.8 Å². The van der Waals surface area contributed by atoms with Gasteiger partial charge in [0.15, 0.2) is 0 Å². The van der Waals surface area contributed by atoms with Crippen LogP contribution in [0.25, 0.3) is 0 Å². The van der Waals surface area contributed by atoms with Crippen molar-refractivity contribution in [1.29, 1.82) is 0 Å². The van der Waals surface area contributed by atoms with Crippen molar-refractivity contribution in [2.24, 2.45) is 11.8 Å². The fourth-order valence-electron chi connectivity index (χ4n) is 4.36. The van der Waals surface area contributed by atoms with Gasteiger partial charge in [0.05, 0.1) is 18.0 Å². The Morgan fingerprint density at radius 2 is 1.59 bits per heavy atom. The Bertz CT molecular complexity index is 1160. The van der Waals surface area contributed by atoms with Crippen LogP contribution in [0.5, 0.6) is 0 Å². The van der Waals surface area contributed by atoms with Gasteiger partial charge in [0.1, 0.15) is 5.72 Å². The van der Waals surface area contributed by atoms with Crippen LogP contribution in [-0.2, 0) is 30.8 Å². The number of carbonyl (C=O) groups is 2. The topological polar surface area (TPSA) is 137 Å². The third-order valence-corrected chi connectivity index (χ3v) is 8.39. The van der Waals surface area contributed by atoms with E-state index in [9.17, 15) is 23.1 Å². The first-order valence-electron chi connectivity index (χ1n) is 14.0. The van der Waals surface area contributed by atoms with Gasteiger partial charge in [0.25, 0.3) is 0 Å². The SMILES string of the molecule is COCCNCC(=O)NCC(C)CC(=O)NCCC(O)(Cc1ccccc1)N(CC(C)C)S(=O)(=O)c1ccccc1. The number of amides is 2. The molecule has 2 aromatic carbocycles. The zero-order chi connectivity index (χ0) is 30.3. The number of nitrogens with one attached hydrogen (secondary N) is 3. The molecule has 0 aliphatic rings. The minimum atomic E-state index is -4.05. The first kappa shape index (κ1) is 34.4. The van der Waals surface area contributed by atoms with Crippen molar-refractivity contribution in [3.05, 3.63) is 66.2 Å². The number of nitrogens with zero attached hydrogens (tertiary/aromatic N) is 1. The number of carbonyl (C=O) groups excluding carboxylic acids is 2. The number of aliphatic hydroxyl groups is 1. The summed E-state index contributed by atoms with van der Waals surface area (Å²) >= 11 is 0. The largest absolute Gasteiger partial charge is 0.383 e. The molecule has 228 valence electrons. The maximum absolute atomic E-state index is 13.8. The Morgan fingerprint density at radius 1 is 0.951 bits per heavy atom. The van der Waals surface area contributed by atoms with E-state index in [4.69, 9.17) is 4.74 Å². The highest BCUT2D eigenvalue weighted by Crippen LogP contribution is 2.30. The maximum atomic E-state index is 13.8. The van der Waals surface area contributed by atoms with E-state index < -0.39 is 15.7 Å². The molecular formula is C30H46N4O6S. The molecule has 0 fully saturated rings. The predicted octanol–water partition coefficient (Wildman–Crippen LogP) is 2.15. The zero-order valence-electron chi connectivity index (χ0n) is 24.6. The lowest BCUT2D eigenvalue weighted by molar-refractivity contribution is -0.124. The van der Waals surface area contributed by atoms with Gasteiger partial charge in [0.2, 0.25) is 21.8 Å². The molecule has 0 bridgehead atoms. The number of hydrogen-bond donors (Lipinski definition) is 4. The quantitative estimate of drug-likeness (QED) is 0.145. The van der Waals surface area contributed by atoms with E-state index in [1.165, 1.54) is 16.4 Å². The van der Waals surface area contributed by atoms with Crippen LogP contribution in [0.15, 0.2) is 65.6 Å². The van der Waals surface area contributed by atoms with Crippen LogP contribution in [0.4, 0.5) is 0 Å². The number of benzene rings is 2. The van der Waals surface area contributed by atoms with Gasteiger partial charge >= 0.3 is 0 Å². The lowest BCUT2D eigenvalue weighted by atomic mass is 9.98. The van der Waals surface area contributed by atoms with E-state index in [2.05, 4.69) is 16.0 Å². The molecule has 0 aromatic heterocycles. The standard InChI is InChI=1S/C30H46N4O6S/c1-24(2)23-34(41(38,39)27-13-9-6-10-14-27)30(37,20-26-11-7-5-8-12-26)15-16-32-28(35)19-25(3)21-33-29(36)22-31-17-18-40-4/h5-14,24-25,31,37H,15-23H2,1-4H3,(H,32,35)(H,33,36). The highest BCUT2D eigenvalue weighted by atomic mass is 32.2. The fraction of sp³-hybridized carbons (Fsp3) is 0.533. The van der Waals surface area contributed by atoms with Gasteiger partial charge in [-0.25, -0.2) is 8.42 Å². The number of rotatable bonds is 19. The van der Waals surface area contributed by atoms with Gasteiger partial charge in [-0.2, -0.15) is 4.31 Å². The van der Waals surface area contributed by atoms with Crippen LogP contribution < -0.4 is 16.0 Å². The summed E-state index contributed by atoms with van der Waals surface area (Å²) in [5, 5.41) is 20.6. The van der Waals surface area contributed by atoms with Crippen molar-refractivity contribution in [2.75, 3.05) is 46.4 Å². The van der Waals surface area contributed by atoms with E-state index in [1.807, 2.05) is 51.1 Å². The first-order valence-corrected chi connectivity index (χ1v) is 15.5. The number of hydrogen-bond acceptors (Lipinski definition) is 7.